The lowest BCUT2D eigenvalue weighted by atomic mass is 9.75. The highest BCUT2D eigenvalue weighted by atomic mass is 35.5. The van der Waals surface area contributed by atoms with Crippen molar-refractivity contribution in [2.24, 2.45) is 28.1 Å². The Labute approximate surface area is 278 Å². The third-order valence-electron chi connectivity index (χ3n) is 8.18. The predicted molar refractivity (Wildman–Crippen MR) is 183 cm³/mol. The molecule has 0 amide bonds. The van der Waals surface area contributed by atoms with E-state index < -0.39 is 0 Å². The molecule has 0 aromatic rings. The van der Waals surface area contributed by atoms with Gasteiger partial charge in [0.25, 0.3) is 0 Å². The number of aliphatic hydroxyl groups excluding tert-OH is 2. The molecule has 3 atom stereocenters. The topological polar surface area (TPSA) is 127 Å². The van der Waals surface area contributed by atoms with Gasteiger partial charge in [0.15, 0.2) is 11.6 Å². The first-order valence-corrected chi connectivity index (χ1v) is 17.9. The van der Waals surface area contributed by atoms with Crippen molar-refractivity contribution in [2.75, 3.05) is 32.2 Å². The minimum Gasteiger partial charge on any atom is -0.511 e. The van der Waals surface area contributed by atoms with Crippen LogP contribution in [-0.2, 0) is 24.0 Å². The molecule has 1 fully saturated rings. The zero-order valence-electron chi connectivity index (χ0n) is 27.7. The average molecular weight is 669 g/mol. The first kappa shape index (κ1) is 38.9. The second kappa shape index (κ2) is 21.5. The lowest BCUT2D eigenvalue weighted by Gasteiger charge is -2.32. The number of rotatable bonds is 15. The molecule has 0 aromatic carbocycles. The maximum Gasteiger partial charge on any atom is 0.168 e. The van der Waals surface area contributed by atoms with E-state index in [4.69, 9.17) is 26.0 Å². The summed E-state index contributed by atoms with van der Waals surface area (Å²) < 4.78 is 5.38. The smallest absolute Gasteiger partial charge is 0.168 e. The molecule has 3 aliphatic rings. The molecular formula is C34H53ClN2O7S. The number of Topliss-reactive ketones (excluding diaryl/α,β-unsaturated/α-hetero) is 2. The third-order valence-corrected chi connectivity index (χ3v) is 9.45. The summed E-state index contributed by atoms with van der Waals surface area (Å²) in [6, 6.07) is 0. The normalized spacial score (nSPS) is 22.9. The molecule has 9 nitrogen and oxygen atoms in total. The van der Waals surface area contributed by atoms with Gasteiger partial charge in [0.2, 0.25) is 0 Å². The molecule has 3 rings (SSSR count). The van der Waals surface area contributed by atoms with Gasteiger partial charge in [0.05, 0.1) is 22.6 Å². The van der Waals surface area contributed by atoms with E-state index in [2.05, 4.69) is 24.2 Å². The molecule has 1 saturated heterocycles. The van der Waals surface area contributed by atoms with Gasteiger partial charge in [-0.3, -0.25) is 9.59 Å². The Hall–Kier alpha value is -2.30. The number of halogens is 1. The second-order valence-electron chi connectivity index (χ2n) is 11.6. The van der Waals surface area contributed by atoms with Gasteiger partial charge in [-0.15, -0.1) is 0 Å². The van der Waals surface area contributed by atoms with Crippen molar-refractivity contribution in [3.63, 3.8) is 0 Å². The van der Waals surface area contributed by atoms with Crippen LogP contribution in [0.15, 0.2) is 44.6 Å². The predicted octanol–water partition coefficient (Wildman–Crippen LogP) is 8.24. The summed E-state index contributed by atoms with van der Waals surface area (Å²) in [6.07, 6.45) is 8.61. The molecule has 0 spiro atoms. The number of allylic oxidation sites excluding steroid dienone is 4. The fourth-order valence-electron chi connectivity index (χ4n) is 6.14. The van der Waals surface area contributed by atoms with Gasteiger partial charge in [0.1, 0.15) is 24.7 Å². The number of carbonyl (C=O) groups is 2. The number of ketones is 2. The van der Waals surface area contributed by atoms with Gasteiger partial charge in [0, 0.05) is 49.7 Å². The minimum absolute atomic E-state index is 0.00866. The van der Waals surface area contributed by atoms with Crippen LogP contribution in [0.2, 0.25) is 0 Å². The largest absolute Gasteiger partial charge is 0.511 e. The Kier molecular flexibility index (Phi) is 18.6. The summed E-state index contributed by atoms with van der Waals surface area (Å²) in [7, 11) is 0. The fraction of sp³-hybridized carbons (Fsp3) is 0.706. The van der Waals surface area contributed by atoms with Crippen molar-refractivity contribution < 1.29 is 34.2 Å². The Morgan fingerprint density at radius 3 is 2.18 bits per heavy atom. The van der Waals surface area contributed by atoms with E-state index in [1.165, 1.54) is 5.54 Å². The maximum atomic E-state index is 12.5. The molecule has 3 unspecified atom stereocenters. The Morgan fingerprint density at radius 2 is 1.60 bits per heavy atom. The molecular weight excluding hydrogens is 616 g/mol. The van der Waals surface area contributed by atoms with E-state index >= 15 is 0 Å². The highest BCUT2D eigenvalue weighted by Gasteiger charge is 2.35. The average Bonchev–Trinajstić information content (AvgIpc) is 3.01. The van der Waals surface area contributed by atoms with Crippen LogP contribution >= 0.6 is 23.4 Å². The molecule has 1 heterocycles. The first-order chi connectivity index (χ1) is 21.7. The van der Waals surface area contributed by atoms with Gasteiger partial charge in [-0.1, -0.05) is 56.0 Å². The SMILES string of the molecule is CC/C(=N\OC/C=C/Cl)C1=C(O)CC(C2CCOCC2)CC1=O.CCCC(=NOCC)C1=C(O)CC(CC(C)SCC)CC1=O. The van der Waals surface area contributed by atoms with E-state index in [1.807, 2.05) is 32.5 Å². The molecule has 2 aliphatic carbocycles. The maximum absolute atomic E-state index is 12.5. The minimum atomic E-state index is -0.0395. The third kappa shape index (κ3) is 12.8. The number of thioether (sulfide) groups is 1. The van der Waals surface area contributed by atoms with Crippen molar-refractivity contribution >= 4 is 46.4 Å². The number of aliphatic hydroxyl groups is 2. The van der Waals surface area contributed by atoms with Crippen LogP contribution in [-0.4, -0.2) is 70.6 Å². The molecule has 1 aliphatic heterocycles. The summed E-state index contributed by atoms with van der Waals surface area (Å²) in [5.41, 5.74) is 3.19. The van der Waals surface area contributed by atoms with Crippen molar-refractivity contribution in [1.82, 2.24) is 0 Å². The van der Waals surface area contributed by atoms with E-state index in [0.29, 0.717) is 78.9 Å². The van der Waals surface area contributed by atoms with Crippen LogP contribution in [0.25, 0.3) is 0 Å². The van der Waals surface area contributed by atoms with Gasteiger partial charge < -0.3 is 24.6 Å². The number of hydrogen-bond acceptors (Lipinski definition) is 10. The molecule has 2 N–H and O–H groups in total. The monoisotopic (exact) mass is 668 g/mol. The van der Waals surface area contributed by atoms with Gasteiger partial charge in [-0.05, 0) is 68.6 Å². The van der Waals surface area contributed by atoms with Crippen molar-refractivity contribution in [3.8, 4) is 0 Å². The summed E-state index contributed by atoms with van der Waals surface area (Å²) in [5.74, 6) is 2.28. The summed E-state index contributed by atoms with van der Waals surface area (Å²) >= 11 is 7.32. The van der Waals surface area contributed by atoms with E-state index in [1.54, 1.807) is 6.08 Å². The van der Waals surface area contributed by atoms with Crippen LogP contribution in [0.3, 0.4) is 0 Å². The Balaban J connectivity index is 0.000000314. The molecule has 0 saturated carbocycles. The van der Waals surface area contributed by atoms with Gasteiger partial charge in [-0.25, -0.2) is 0 Å². The van der Waals surface area contributed by atoms with E-state index in [0.717, 1.165) is 44.6 Å². The molecule has 45 heavy (non-hydrogen) atoms. The Bertz CT molecular complexity index is 1110. The Morgan fingerprint density at radius 1 is 0.956 bits per heavy atom. The highest BCUT2D eigenvalue weighted by Crippen LogP contribution is 2.36. The molecule has 254 valence electrons. The lowest BCUT2D eigenvalue weighted by Crippen LogP contribution is -2.31. The van der Waals surface area contributed by atoms with Gasteiger partial charge >= 0.3 is 0 Å². The fourth-order valence-corrected chi connectivity index (χ4v) is 7.19. The molecule has 11 heteroatoms. The number of oxime groups is 2. The standard InChI is InChI=1S/C17H24ClNO4.C17H29NO3S/c1-2-14(19-23-7-3-6-18)17-15(20)10-13(11-16(17)21)12-4-8-22-9-5-12;1-5-8-14(18-21-6-2)17-15(19)10-13(11-16(17)20)9-12(4)22-7-3/h3,6,12-13,20H,2,4-5,7-11H2,1H3;12-13,19H,5-11H2,1-4H3/b6-3+,19-14+;. The van der Waals surface area contributed by atoms with E-state index in [-0.39, 0.29) is 41.5 Å². The van der Waals surface area contributed by atoms with Crippen molar-refractivity contribution in [1.29, 1.82) is 0 Å². The number of nitrogens with zero attached hydrogens (tertiary/aromatic N) is 2. The molecule has 0 aromatic heterocycles. The quantitative estimate of drug-likeness (QED) is 0.101. The summed E-state index contributed by atoms with van der Waals surface area (Å²) in [5, 5.41) is 29.3. The summed E-state index contributed by atoms with van der Waals surface area (Å²) in [4.78, 5) is 35.2. The first-order valence-electron chi connectivity index (χ1n) is 16.4. The summed E-state index contributed by atoms with van der Waals surface area (Å²) in [6.45, 7) is 12.3. The second-order valence-corrected chi connectivity index (χ2v) is 13.6. The molecule has 0 radical (unpaired) electrons. The number of carbonyl (C=O) groups excluding carboxylic acids is 2. The van der Waals surface area contributed by atoms with Crippen molar-refractivity contribution in [2.45, 2.75) is 104 Å². The zero-order valence-corrected chi connectivity index (χ0v) is 29.3. The van der Waals surface area contributed by atoms with Crippen LogP contribution in [0.1, 0.15) is 98.8 Å². The molecule has 0 bridgehead atoms. The van der Waals surface area contributed by atoms with Crippen molar-refractivity contribution in [3.05, 3.63) is 34.3 Å². The van der Waals surface area contributed by atoms with Gasteiger partial charge in [-0.2, -0.15) is 11.8 Å². The number of ether oxygens (including phenoxy) is 1. The van der Waals surface area contributed by atoms with Crippen LogP contribution < -0.4 is 0 Å². The van der Waals surface area contributed by atoms with Crippen LogP contribution in [0.5, 0.6) is 0 Å². The zero-order chi connectivity index (χ0) is 33.2. The van der Waals surface area contributed by atoms with Crippen LogP contribution in [0, 0.1) is 17.8 Å². The van der Waals surface area contributed by atoms with Crippen LogP contribution in [0.4, 0.5) is 0 Å². The van der Waals surface area contributed by atoms with E-state index in [9.17, 15) is 19.8 Å². The highest BCUT2D eigenvalue weighted by molar-refractivity contribution is 7.99. The number of hydrogen-bond donors (Lipinski definition) is 2. The lowest BCUT2D eigenvalue weighted by molar-refractivity contribution is -0.118.